The number of hydroxylamine groups is 2. The average molecular weight is 367 g/mol. The number of carbonyl (C=O) groups is 1. The van der Waals surface area contributed by atoms with Gasteiger partial charge in [0.05, 0.1) is 25.8 Å². The topological polar surface area (TPSA) is 48.0 Å². The fraction of sp³-hybridized carbons (Fsp3) is 0.278. The van der Waals surface area contributed by atoms with Gasteiger partial charge in [-0.05, 0) is 18.2 Å². The van der Waals surface area contributed by atoms with Gasteiger partial charge in [-0.15, -0.1) is 5.06 Å². The third-order valence-corrected chi connectivity index (χ3v) is 3.76. The van der Waals surface area contributed by atoms with E-state index in [0.717, 1.165) is 5.06 Å². The Morgan fingerprint density at radius 3 is 2.50 bits per heavy atom. The van der Waals surface area contributed by atoms with Gasteiger partial charge in [0.2, 0.25) is 0 Å². The van der Waals surface area contributed by atoms with Crippen LogP contribution in [0, 0.1) is 0 Å². The van der Waals surface area contributed by atoms with Crippen LogP contribution in [0.5, 0.6) is 11.5 Å². The molecule has 1 aliphatic rings. The third kappa shape index (κ3) is 4.33. The van der Waals surface area contributed by atoms with Crippen LogP contribution in [0.1, 0.15) is 11.6 Å². The number of nitrogens with zero attached hydrogens (tertiary/aromatic N) is 1. The number of carbonyl (C=O) groups excluding carboxylic acids is 1. The summed E-state index contributed by atoms with van der Waals surface area (Å²) in [5, 5.41) is 0.993. The zero-order chi connectivity index (χ0) is 18.6. The minimum Gasteiger partial charge on any atom is -0.457 e. The Balaban J connectivity index is 1.85. The molecule has 1 atom stereocenters. The second-order valence-electron chi connectivity index (χ2n) is 5.56. The number of rotatable bonds is 4. The first-order chi connectivity index (χ1) is 12.4. The molecule has 1 fully saturated rings. The molecule has 2 aromatic carbocycles. The second-order valence-corrected chi connectivity index (χ2v) is 5.56. The second kappa shape index (κ2) is 7.76. The fourth-order valence-corrected chi connectivity index (χ4v) is 2.57. The van der Waals surface area contributed by atoms with Crippen LogP contribution in [0.15, 0.2) is 54.6 Å². The van der Waals surface area contributed by atoms with Gasteiger partial charge in [-0.3, -0.25) is 0 Å². The van der Waals surface area contributed by atoms with E-state index < -0.39 is 18.2 Å². The third-order valence-electron chi connectivity index (χ3n) is 3.76. The lowest BCUT2D eigenvalue weighted by atomic mass is 10.1. The molecule has 138 valence electrons. The van der Waals surface area contributed by atoms with Gasteiger partial charge >= 0.3 is 12.1 Å². The quantitative estimate of drug-likeness (QED) is 0.821. The van der Waals surface area contributed by atoms with Crippen LogP contribution in [-0.2, 0) is 14.4 Å². The Labute approximate surface area is 147 Å². The van der Waals surface area contributed by atoms with Crippen molar-refractivity contribution in [2.45, 2.75) is 12.2 Å². The summed E-state index contributed by atoms with van der Waals surface area (Å²) in [5.41, 5.74) is 0.561. The number of morpholine rings is 1. The van der Waals surface area contributed by atoms with Crippen molar-refractivity contribution < 1.29 is 32.3 Å². The van der Waals surface area contributed by atoms with Crippen LogP contribution >= 0.6 is 0 Å². The maximum atomic E-state index is 12.5. The van der Waals surface area contributed by atoms with Crippen LogP contribution in [0.4, 0.5) is 13.2 Å². The molecule has 1 saturated heterocycles. The highest BCUT2D eigenvalue weighted by atomic mass is 19.4. The van der Waals surface area contributed by atoms with Crippen molar-refractivity contribution in [1.82, 2.24) is 5.06 Å². The first-order valence-electron chi connectivity index (χ1n) is 7.90. The van der Waals surface area contributed by atoms with E-state index in [4.69, 9.17) is 9.47 Å². The van der Waals surface area contributed by atoms with E-state index in [-0.39, 0.29) is 19.8 Å². The maximum absolute atomic E-state index is 12.5. The van der Waals surface area contributed by atoms with Crippen LogP contribution in [0.25, 0.3) is 0 Å². The molecule has 2 aromatic rings. The maximum Gasteiger partial charge on any atom is 0.492 e. The zero-order valence-corrected chi connectivity index (χ0v) is 13.6. The minimum absolute atomic E-state index is 0.0200. The van der Waals surface area contributed by atoms with Crippen molar-refractivity contribution in [2.75, 3.05) is 19.8 Å². The predicted molar refractivity (Wildman–Crippen MR) is 85.4 cm³/mol. The molecule has 0 N–H and O–H groups in total. The van der Waals surface area contributed by atoms with Crippen molar-refractivity contribution in [3.8, 4) is 11.5 Å². The number of halogens is 3. The molecule has 1 unspecified atom stereocenters. The van der Waals surface area contributed by atoms with Crippen molar-refractivity contribution >= 4 is 5.97 Å². The number of para-hydroxylation sites is 2. The lowest BCUT2D eigenvalue weighted by Crippen LogP contribution is -2.43. The Bertz CT molecular complexity index is 752. The number of alkyl halides is 3. The van der Waals surface area contributed by atoms with Gasteiger partial charge in [0.1, 0.15) is 11.5 Å². The van der Waals surface area contributed by atoms with Crippen molar-refractivity contribution in [1.29, 1.82) is 0 Å². The molecule has 0 aliphatic carbocycles. The van der Waals surface area contributed by atoms with Crippen LogP contribution in [-0.4, -0.2) is 37.0 Å². The van der Waals surface area contributed by atoms with Gasteiger partial charge in [0.15, 0.2) is 0 Å². The van der Waals surface area contributed by atoms with E-state index >= 15 is 0 Å². The molecule has 5 nitrogen and oxygen atoms in total. The monoisotopic (exact) mass is 367 g/mol. The summed E-state index contributed by atoms with van der Waals surface area (Å²) in [6, 6.07) is 15.1. The summed E-state index contributed by atoms with van der Waals surface area (Å²) in [6.07, 6.45) is -5.07. The van der Waals surface area contributed by atoms with Crippen molar-refractivity contribution in [2.24, 2.45) is 0 Å². The largest absolute Gasteiger partial charge is 0.492 e. The SMILES string of the molecule is O=C(ON1CCOCC1c1ccccc1Oc1ccccc1)C(F)(F)F. The van der Waals surface area contributed by atoms with Gasteiger partial charge in [0.25, 0.3) is 0 Å². The molecule has 0 bridgehead atoms. The Morgan fingerprint density at radius 2 is 1.77 bits per heavy atom. The molecule has 1 heterocycles. The number of hydrogen-bond donors (Lipinski definition) is 0. The minimum atomic E-state index is -5.07. The van der Waals surface area contributed by atoms with Crippen molar-refractivity contribution in [3.05, 3.63) is 60.2 Å². The van der Waals surface area contributed by atoms with E-state index in [1.165, 1.54) is 0 Å². The average Bonchev–Trinajstić information content (AvgIpc) is 2.63. The normalized spacial score (nSPS) is 18.3. The molecule has 0 spiro atoms. The van der Waals surface area contributed by atoms with Gasteiger partial charge in [-0.2, -0.15) is 13.2 Å². The highest BCUT2D eigenvalue weighted by molar-refractivity contribution is 5.75. The summed E-state index contributed by atoms with van der Waals surface area (Å²) in [5.74, 6) is -1.23. The molecule has 1 aliphatic heterocycles. The Kier molecular flexibility index (Phi) is 5.43. The fourth-order valence-electron chi connectivity index (χ4n) is 2.57. The standard InChI is InChI=1S/C18H16F3NO4/c19-18(20,21)17(23)26-22-10-11-24-12-15(22)14-8-4-5-9-16(14)25-13-6-2-1-3-7-13/h1-9,15H,10-12H2. The smallest absolute Gasteiger partial charge is 0.457 e. The lowest BCUT2D eigenvalue weighted by Gasteiger charge is -2.34. The Morgan fingerprint density at radius 1 is 1.08 bits per heavy atom. The summed E-state index contributed by atoms with van der Waals surface area (Å²) in [6.45, 7) is 0.246. The molecule has 3 rings (SSSR count). The predicted octanol–water partition coefficient (Wildman–Crippen LogP) is 3.87. The van der Waals surface area contributed by atoms with E-state index in [9.17, 15) is 18.0 Å². The molecule has 26 heavy (non-hydrogen) atoms. The van der Waals surface area contributed by atoms with Gasteiger partial charge in [0, 0.05) is 5.56 Å². The Hall–Kier alpha value is -2.58. The van der Waals surface area contributed by atoms with Crippen molar-refractivity contribution in [3.63, 3.8) is 0 Å². The highest BCUT2D eigenvalue weighted by Crippen LogP contribution is 2.34. The summed E-state index contributed by atoms with van der Waals surface area (Å²) < 4.78 is 48.8. The number of ether oxygens (including phenoxy) is 2. The zero-order valence-electron chi connectivity index (χ0n) is 13.6. The van der Waals surface area contributed by atoms with Crippen LogP contribution in [0.2, 0.25) is 0 Å². The molecule has 0 amide bonds. The summed E-state index contributed by atoms with van der Waals surface area (Å²) in [4.78, 5) is 15.8. The van der Waals surface area contributed by atoms with Gasteiger partial charge in [-0.25, -0.2) is 4.79 Å². The van der Waals surface area contributed by atoms with Crippen LogP contribution < -0.4 is 4.74 Å². The number of benzene rings is 2. The van der Waals surface area contributed by atoms with Gasteiger partial charge < -0.3 is 14.3 Å². The lowest BCUT2D eigenvalue weighted by molar-refractivity contribution is -0.260. The molecule has 8 heteroatoms. The molecular weight excluding hydrogens is 351 g/mol. The first-order valence-corrected chi connectivity index (χ1v) is 7.90. The first kappa shape index (κ1) is 18.2. The van der Waals surface area contributed by atoms with Crippen LogP contribution in [0.3, 0.4) is 0 Å². The summed E-state index contributed by atoms with van der Waals surface area (Å²) >= 11 is 0. The van der Waals surface area contributed by atoms with E-state index in [0.29, 0.717) is 17.1 Å². The molecule has 0 aromatic heterocycles. The molecule has 0 saturated carbocycles. The van der Waals surface area contributed by atoms with E-state index in [1.807, 2.05) is 6.07 Å². The highest BCUT2D eigenvalue weighted by Gasteiger charge is 2.44. The molecular formula is C18H16F3NO4. The molecule has 0 radical (unpaired) electrons. The summed E-state index contributed by atoms with van der Waals surface area (Å²) in [7, 11) is 0. The van der Waals surface area contributed by atoms with E-state index in [2.05, 4.69) is 4.84 Å². The number of hydrogen-bond acceptors (Lipinski definition) is 5. The van der Waals surface area contributed by atoms with E-state index in [1.54, 1.807) is 48.5 Å². The van der Waals surface area contributed by atoms with Gasteiger partial charge in [-0.1, -0.05) is 36.4 Å².